The Morgan fingerprint density at radius 2 is 2.20 bits per heavy atom. The van der Waals surface area contributed by atoms with Gasteiger partial charge in [0.1, 0.15) is 11.3 Å². The van der Waals surface area contributed by atoms with E-state index in [2.05, 4.69) is 32.4 Å². The molecule has 30 heavy (non-hydrogen) atoms. The summed E-state index contributed by atoms with van der Waals surface area (Å²) < 4.78 is 9.54. The topological polar surface area (TPSA) is 98.4 Å². The lowest BCUT2D eigenvalue weighted by Crippen LogP contribution is -2.08. The summed E-state index contributed by atoms with van der Waals surface area (Å²) in [4.78, 5) is 16.2. The van der Waals surface area contributed by atoms with Crippen molar-refractivity contribution in [3.8, 4) is 11.6 Å². The van der Waals surface area contributed by atoms with Gasteiger partial charge in [-0.05, 0) is 43.7 Å². The fraction of sp³-hybridized carbons (Fsp3) is 0.143. The first-order chi connectivity index (χ1) is 14.6. The molecule has 3 aromatic heterocycles. The van der Waals surface area contributed by atoms with E-state index < -0.39 is 0 Å². The molecule has 0 aliphatic carbocycles. The van der Waals surface area contributed by atoms with Crippen molar-refractivity contribution in [2.24, 2.45) is 0 Å². The Labute approximate surface area is 173 Å². The number of anilines is 3. The molecule has 0 fully saturated rings. The third-order valence-electron chi connectivity index (χ3n) is 4.44. The quantitative estimate of drug-likeness (QED) is 0.454. The number of benzene rings is 1. The average Bonchev–Trinajstić information content (AvgIpc) is 3.39. The van der Waals surface area contributed by atoms with Gasteiger partial charge in [-0.2, -0.15) is 10.1 Å². The number of aromatic nitrogens is 5. The smallest absolute Gasteiger partial charge is 0.248 e. The van der Waals surface area contributed by atoms with Crippen LogP contribution in [0.1, 0.15) is 12.5 Å². The van der Waals surface area contributed by atoms with Crippen molar-refractivity contribution in [1.29, 1.82) is 0 Å². The monoisotopic (exact) mass is 403 g/mol. The molecule has 0 atom stereocenters. The summed E-state index contributed by atoms with van der Waals surface area (Å²) in [6, 6.07) is 9.15. The van der Waals surface area contributed by atoms with Gasteiger partial charge >= 0.3 is 0 Å². The van der Waals surface area contributed by atoms with E-state index in [1.165, 1.54) is 6.08 Å². The van der Waals surface area contributed by atoms with Crippen LogP contribution in [0.15, 0.2) is 61.6 Å². The van der Waals surface area contributed by atoms with E-state index in [0.717, 1.165) is 17.8 Å². The number of ether oxygens (including phenoxy) is 1. The summed E-state index contributed by atoms with van der Waals surface area (Å²) in [5, 5.41) is 14.6. The van der Waals surface area contributed by atoms with E-state index in [1.807, 2.05) is 50.5 Å². The van der Waals surface area contributed by atoms with Gasteiger partial charge in [-0.3, -0.25) is 9.48 Å². The lowest BCUT2D eigenvalue weighted by molar-refractivity contribution is -0.111. The number of carbonyl (C=O) groups is 1. The van der Waals surface area contributed by atoms with Crippen LogP contribution in [-0.2, 0) is 11.3 Å². The number of nitrogens with zero attached hydrogens (tertiary/aromatic N) is 5. The van der Waals surface area contributed by atoms with E-state index in [-0.39, 0.29) is 5.91 Å². The maximum absolute atomic E-state index is 11.7. The van der Waals surface area contributed by atoms with Crippen molar-refractivity contribution < 1.29 is 9.53 Å². The van der Waals surface area contributed by atoms with E-state index >= 15 is 0 Å². The van der Waals surface area contributed by atoms with Crippen molar-refractivity contribution in [3.63, 3.8) is 0 Å². The molecule has 0 saturated carbocycles. The van der Waals surface area contributed by atoms with Gasteiger partial charge in [-0.25, -0.2) is 4.52 Å². The lowest BCUT2D eigenvalue weighted by Gasteiger charge is -2.12. The molecule has 0 aliphatic heterocycles. The van der Waals surface area contributed by atoms with E-state index in [1.54, 1.807) is 21.5 Å². The number of nitrogens with one attached hydrogen (secondary N) is 2. The van der Waals surface area contributed by atoms with Crippen LogP contribution in [0.3, 0.4) is 0 Å². The number of carbonyl (C=O) groups excluding carboxylic acids is 1. The van der Waals surface area contributed by atoms with Crippen LogP contribution in [0.5, 0.6) is 11.6 Å². The van der Waals surface area contributed by atoms with Crippen LogP contribution in [0.25, 0.3) is 5.52 Å². The van der Waals surface area contributed by atoms with Gasteiger partial charge in [0.2, 0.25) is 17.7 Å². The summed E-state index contributed by atoms with van der Waals surface area (Å²) in [6.07, 6.45) is 6.62. The van der Waals surface area contributed by atoms with Crippen LogP contribution < -0.4 is 15.4 Å². The fourth-order valence-electron chi connectivity index (χ4n) is 2.86. The first kappa shape index (κ1) is 19.2. The van der Waals surface area contributed by atoms with Crippen molar-refractivity contribution in [2.75, 3.05) is 10.6 Å². The highest BCUT2D eigenvalue weighted by Crippen LogP contribution is 2.29. The number of amides is 1. The predicted molar refractivity (Wildman–Crippen MR) is 114 cm³/mol. The Bertz CT molecular complexity index is 1230. The summed E-state index contributed by atoms with van der Waals surface area (Å²) in [6.45, 7) is 8.16. The third kappa shape index (κ3) is 4.00. The number of rotatable bonds is 7. The Kier molecular flexibility index (Phi) is 5.17. The average molecular weight is 403 g/mol. The standard InChI is InChI=1S/C21H21N7O2/c1-4-19(29)24-17-11-16(9-8-14(17)3)30-20-18-7-6-10-28(18)26-21(25-20)23-15-12-22-27(5-2)13-15/h4,6-13H,1,5H2,2-3H3,(H,23,26)(H,24,29). The highest BCUT2D eigenvalue weighted by atomic mass is 16.5. The minimum Gasteiger partial charge on any atom is -0.437 e. The van der Waals surface area contributed by atoms with Crippen LogP contribution >= 0.6 is 0 Å². The molecule has 1 aromatic carbocycles. The Morgan fingerprint density at radius 1 is 1.33 bits per heavy atom. The summed E-state index contributed by atoms with van der Waals surface area (Å²) in [7, 11) is 0. The van der Waals surface area contributed by atoms with Crippen molar-refractivity contribution >= 4 is 28.7 Å². The molecule has 0 spiro atoms. The first-order valence-corrected chi connectivity index (χ1v) is 9.42. The van der Waals surface area contributed by atoms with Gasteiger partial charge in [-0.1, -0.05) is 12.6 Å². The number of aryl methyl sites for hydroxylation is 2. The van der Waals surface area contributed by atoms with Crippen LogP contribution in [0, 0.1) is 6.92 Å². The molecule has 9 nitrogen and oxygen atoms in total. The van der Waals surface area contributed by atoms with E-state index in [4.69, 9.17) is 4.74 Å². The minimum atomic E-state index is -0.287. The highest BCUT2D eigenvalue weighted by Gasteiger charge is 2.12. The molecule has 1 amide bonds. The highest BCUT2D eigenvalue weighted by molar-refractivity contribution is 5.99. The van der Waals surface area contributed by atoms with Gasteiger partial charge in [-0.15, -0.1) is 5.10 Å². The molecule has 0 bridgehead atoms. The van der Waals surface area contributed by atoms with Gasteiger partial charge in [0.25, 0.3) is 0 Å². The SMILES string of the molecule is C=CC(=O)Nc1cc(Oc2nc(Nc3cnn(CC)c3)nn3cccc23)ccc1C. The third-order valence-corrected chi connectivity index (χ3v) is 4.44. The molecule has 0 radical (unpaired) electrons. The molecule has 4 rings (SSSR count). The van der Waals surface area contributed by atoms with Gasteiger partial charge in [0.15, 0.2) is 0 Å². The van der Waals surface area contributed by atoms with Crippen LogP contribution in [-0.4, -0.2) is 30.3 Å². The second-order valence-electron chi connectivity index (χ2n) is 6.56. The second-order valence-corrected chi connectivity index (χ2v) is 6.56. The summed E-state index contributed by atoms with van der Waals surface area (Å²) in [5.41, 5.74) is 3.03. The van der Waals surface area contributed by atoms with E-state index in [9.17, 15) is 4.79 Å². The zero-order valence-corrected chi connectivity index (χ0v) is 16.7. The van der Waals surface area contributed by atoms with Gasteiger partial charge in [0.05, 0.1) is 11.9 Å². The molecule has 0 saturated heterocycles. The molecule has 0 aliphatic rings. The predicted octanol–water partition coefficient (Wildman–Crippen LogP) is 3.91. The molecular formula is C21H21N7O2. The zero-order valence-electron chi connectivity index (χ0n) is 16.7. The minimum absolute atomic E-state index is 0.287. The first-order valence-electron chi connectivity index (χ1n) is 9.42. The number of fused-ring (bicyclic) bond motifs is 1. The van der Waals surface area contributed by atoms with Gasteiger partial charge in [0, 0.05) is 30.7 Å². The van der Waals surface area contributed by atoms with Crippen LogP contribution in [0.4, 0.5) is 17.3 Å². The Morgan fingerprint density at radius 3 is 2.97 bits per heavy atom. The van der Waals surface area contributed by atoms with E-state index in [0.29, 0.717) is 28.8 Å². The molecule has 3 heterocycles. The number of hydrogen-bond acceptors (Lipinski definition) is 6. The Balaban J connectivity index is 1.65. The van der Waals surface area contributed by atoms with Gasteiger partial charge < -0.3 is 15.4 Å². The van der Waals surface area contributed by atoms with Crippen molar-refractivity contribution in [3.05, 3.63) is 67.1 Å². The molecule has 4 aromatic rings. The maximum atomic E-state index is 11.7. The second kappa shape index (κ2) is 8.08. The fourth-order valence-corrected chi connectivity index (χ4v) is 2.86. The van der Waals surface area contributed by atoms with Crippen molar-refractivity contribution in [2.45, 2.75) is 20.4 Å². The molecule has 2 N–H and O–H groups in total. The molecule has 152 valence electrons. The normalized spacial score (nSPS) is 10.7. The Hall–Kier alpha value is -4.14. The molecule has 9 heteroatoms. The van der Waals surface area contributed by atoms with Crippen molar-refractivity contribution in [1.82, 2.24) is 24.4 Å². The number of hydrogen-bond donors (Lipinski definition) is 2. The molecular weight excluding hydrogens is 382 g/mol. The largest absolute Gasteiger partial charge is 0.437 e. The lowest BCUT2D eigenvalue weighted by atomic mass is 10.2. The zero-order chi connectivity index (χ0) is 21.1. The summed E-state index contributed by atoms with van der Waals surface area (Å²) in [5.74, 6) is 0.999. The molecule has 0 unspecified atom stereocenters. The summed E-state index contributed by atoms with van der Waals surface area (Å²) >= 11 is 0. The van der Waals surface area contributed by atoms with Crippen LogP contribution in [0.2, 0.25) is 0 Å². The maximum Gasteiger partial charge on any atom is 0.248 e.